The number of aromatic nitrogens is 2. The van der Waals surface area contributed by atoms with Crippen molar-refractivity contribution in [1.29, 1.82) is 0 Å². The first kappa shape index (κ1) is 13.7. The number of non-ortho nitro benzene ring substituents is 1. The third-order valence-electron chi connectivity index (χ3n) is 4.30. The van der Waals surface area contributed by atoms with Crippen LogP contribution >= 0.6 is 0 Å². The van der Waals surface area contributed by atoms with Gasteiger partial charge in [0.1, 0.15) is 12.1 Å². The summed E-state index contributed by atoms with van der Waals surface area (Å²) in [7, 11) is 0. The molecule has 2 aromatic rings. The molecule has 1 aliphatic rings. The molecule has 0 spiro atoms. The van der Waals surface area contributed by atoms with Gasteiger partial charge < -0.3 is 5.32 Å². The first-order valence-electron chi connectivity index (χ1n) is 7.31. The SMILES string of the molecule is CC(Nc1ncnc2ccc([N+](=O)[O-])cc12)C1CCCC1. The summed E-state index contributed by atoms with van der Waals surface area (Å²) in [5.74, 6) is 1.33. The van der Waals surface area contributed by atoms with Gasteiger partial charge in [-0.2, -0.15) is 0 Å². The summed E-state index contributed by atoms with van der Waals surface area (Å²) in [5.41, 5.74) is 0.783. The molecule has 0 aliphatic heterocycles. The fourth-order valence-electron chi connectivity index (χ4n) is 3.06. The van der Waals surface area contributed by atoms with E-state index in [1.807, 2.05) is 0 Å². The highest BCUT2D eigenvalue weighted by molar-refractivity contribution is 5.90. The summed E-state index contributed by atoms with van der Waals surface area (Å²) < 4.78 is 0. The molecular weight excluding hydrogens is 268 g/mol. The first-order chi connectivity index (χ1) is 10.1. The molecular formula is C15H18N4O2. The van der Waals surface area contributed by atoms with Crippen molar-refractivity contribution in [2.24, 2.45) is 5.92 Å². The molecule has 1 aliphatic carbocycles. The van der Waals surface area contributed by atoms with Gasteiger partial charge in [-0.25, -0.2) is 9.97 Å². The number of nitrogens with one attached hydrogen (secondary N) is 1. The summed E-state index contributed by atoms with van der Waals surface area (Å²) in [6.07, 6.45) is 6.53. The third kappa shape index (κ3) is 2.79. The molecule has 6 nitrogen and oxygen atoms in total. The van der Waals surface area contributed by atoms with E-state index in [0.29, 0.717) is 23.2 Å². The number of benzene rings is 1. The zero-order valence-electron chi connectivity index (χ0n) is 12.0. The number of hydrogen-bond donors (Lipinski definition) is 1. The Balaban J connectivity index is 1.93. The molecule has 1 N–H and O–H groups in total. The lowest BCUT2D eigenvalue weighted by Gasteiger charge is -2.21. The quantitative estimate of drug-likeness (QED) is 0.687. The predicted octanol–water partition coefficient (Wildman–Crippen LogP) is 3.53. The smallest absolute Gasteiger partial charge is 0.270 e. The van der Waals surface area contributed by atoms with Crippen LogP contribution in [0, 0.1) is 16.0 Å². The normalized spacial score (nSPS) is 17.0. The van der Waals surface area contributed by atoms with Crippen molar-refractivity contribution < 1.29 is 4.92 Å². The molecule has 1 heterocycles. The standard InChI is InChI=1S/C15H18N4O2/c1-10(11-4-2-3-5-11)18-15-13-8-12(19(20)21)6-7-14(13)16-9-17-15/h6-11H,2-5H2,1H3,(H,16,17,18). The molecule has 0 radical (unpaired) electrons. The van der Waals surface area contributed by atoms with Crippen LogP contribution in [0.3, 0.4) is 0 Å². The Morgan fingerprint density at radius 3 is 2.81 bits per heavy atom. The summed E-state index contributed by atoms with van der Waals surface area (Å²) in [6.45, 7) is 2.15. The zero-order valence-corrected chi connectivity index (χ0v) is 12.0. The second-order valence-corrected chi connectivity index (χ2v) is 5.66. The summed E-state index contributed by atoms with van der Waals surface area (Å²) in [5, 5.41) is 15.1. The second-order valence-electron chi connectivity index (χ2n) is 5.66. The Kier molecular flexibility index (Phi) is 3.68. The lowest BCUT2D eigenvalue weighted by molar-refractivity contribution is -0.384. The Hall–Kier alpha value is -2.24. The minimum Gasteiger partial charge on any atom is -0.367 e. The topological polar surface area (TPSA) is 81.0 Å². The molecule has 1 atom stereocenters. The van der Waals surface area contributed by atoms with Crippen molar-refractivity contribution in [1.82, 2.24) is 9.97 Å². The van der Waals surface area contributed by atoms with Gasteiger partial charge in [0, 0.05) is 23.6 Å². The van der Waals surface area contributed by atoms with E-state index in [2.05, 4.69) is 22.2 Å². The van der Waals surface area contributed by atoms with Crippen LogP contribution in [0.15, 0.2) is 24.5 Å². The van der Waals surface area contributed by atoms with Gasteiger partial charge in [0.15, 0.2) is 0 Å². The first-order valence-corrected chi connectivity index (χ1v) is 7.31. The number of nitro groups is 1. The Bertz CT molecular complexity index is 668. The van der Waals surface area contributed by atoms with Gasteiger partial charge in [-0.05, 0) is 31.7 Å². The van der Waals surface area contributed by atoms with Gasteiger partial charge in [0.05, 0.1) is 10.4 Å². The Labute approximate surface area is 122 Å². The largest absolute Gasteiger partial charge is 0.367 e. The molecule has 21 heavy (non-hydrogen) atoms. The van der Waals surface area contributed by atoms with E-state index < -0.39 is 4.92 Å². The molecule has 0 bridgehead atoms. The highest BCUT2D eigenvalue weighted by Crippen LogP contribution is 2.31. The number of nitro benzene ring substituents is 1. The molecule has 0 amide bonds. The third-order valence-corrected chi connectivity index (χ3v) is 4.30. The average molecular weight is 286 g/mol. The minimum atomic E-state index is -0.392. The molecule has 110 valence electrons. The van der Waals surface area contributed by atoms with Gasteiger partial charge in [-0.3, -0.25) is 10.1 Å². The highest BCUT2D eigenvalue weighted by atomic mass is 16.6. The number of rotatable bonds is 4. The Morgan fingerprint density at radius 1 is 1.33 bits per heavy atom. The van der Waals surface area contributed by atoms with Crippen LogP contribution in [-0.4, -0.2) is 20.9 Å². The van der Waals surface area contributed by atoms with E-state index in [1.54, 1.807) is 12.1 Å². The summed E-state index contributed by atoms with van der Waals surface area (Å²) in [4.78, 5) is 19.0. The molecule has 0 saturated heterocycles. The maximum absolute atomic E-state index is 10.9. The van der Waals surface area contributed by atoms with E-state index >= 15 is 0 Å². The Morgan fingerprint density at radius 2 is 2.10 bits per heavy atom. The fourth-order valence-corrected chi connectivity index (χ4v) is 3.06. The average Bonchev–Trinajstić information content (AvgIpc) is 3.01. The van der Waals surface area contributed by atoms with Crippen molar-refractivity contribution in [3.8, 4) is 0 Å². The van der Waals surface area contributed by atoms with Crippen molar-refractivity contribution in [3.05, 3.63) is 34.6 Å². The van der Waals surface area contributed by atoms with Gasteiger partial charge in [0.2, 0.25) is 0 Å². The van der Waals surface area contributed by atoms with Gasteiger partial charge in [0.25, 0.3) is 5.69 Å². The number of fused-ring (bicyclic) bond motifs is 1. The fraction of sp³-hybridized carbons (Fsp3) is 0.467. The molecule has 1 fully saturated rings. The van der Waals surface area contributed by atoms with Gasteiger partial charge >= 0.3 is 0 Å². The van der Waals surface area contributed by atoms with Gasteiger partial charge in [-0.1, -0.05) is 12.8 Å². The minimum absolute atomic E-state index is 0.0638. The highest BCUT2D eigenvalue weighted by Gasteiger charge is 2.22. The van der Waals surface area contributed by atoms with Crippen LogP contribution in [-0.2, 0) is 0 Å². The number of nitrogens with zero attached hydrogens (tertiary/aromatic N) is 3. The van der Waals surface area contributed by atoms with E-state index in [0.717, 1.165) is 5.52 Å². The molecule has 6 heteroatoms. The van der Waals surface area contributed by atoms with Crippen molar-refractivity contribution in [2.45, 2.75) is 38.6 Å². The van der Waals surface area contributed by atoms with E-state index in [1.165, 1.54) is 38.1 Å². The van der Waals surface area contributed by atoms with Crippen LogP contribution in [0.4, 0.5) is 11.5 Å². The molecule has 1 aromatic carbocycles. The van der Waals surface area contributed by atoms with Gasteiger partial charge in [-0.15, -0.1) is 0 Å². The van der Waals surface area contributed by atoms with E-state index in [9.17, 15) is 10.1 Å². The number of anilines is 1. The van der Waals surface area contributed by atoms with Crippen molar-refractivity contribution in [2.75, 3.05) is 5.32 Å². The lowest BCUT2D eigenvalue weighted by Crippen LogP contribution is -2.24. The summed E-state index contributed by atoms with van der Waals surface area (Å²) in [6, 6.07) is 4.99. The maximum Gasteiger partial charge on any atom is 0.270 e. The molecule has 1 aromatic heterocycles. The van der Waals surface area contributed by atoms with Crippen molar-refractivity contribution >= 4 is 22.4 Å². The lowest BCUT2D eigenvalue weighted by atomic mass is 10.00. The maximum atomic E-state index is 10.9. The van der Waals surface area contributed by atoms with E-state index in [4.69, 9.17) is 0 Å². The number of hydrogen-bond acceptors (Lipinski definition) is 5. The van der Waals surface area contributed by atoms with Crippen molar-refractivity contribution in [3.63, 3.8) is 0 Å². The monoisotopic (exact) mass is 286 g/mol. The summed E-state index contributed by atoms with van der Waals surface area (Å²) >= 11 is 0. The van der Waals surface area contributed by atoms with Crippen LogP contribution < -0.4 is 5.32 Å². The van der Waals surface area contributed by atoms with Crippen LogP contribution in [0.1, 0.15) is 32.6 Å². The molecule has 3 rings (SSSR count). The second kappa shape index (κ2) is 5.63. The van der Waals surface area contributed by atoms with Crippen LogP contribution in [0.2, 0.25) is 0 Å². The van der Waals surface area contributed by atoms with Crippen LogP contribution in [0.5, 0.6) is 0 Å². The molecule has 1 unspecified atom stereocenters. The molecule has 1 saturated carbocycles. The van der Waals surface area contributed by atoms with E-state index in [-0.39, 0.29) is 5.69 Å². The predicted molar refractivity (Wildman–Crippen MR) is 81.2 cm³/mol. The van der Waals surface area contributed by atoms with Crippen LogP contribution in [0.25, 0.3) is 10.9 Å². The zero-order chi connectivity index (χ0) is 14.8.